The Morgan fingerprint density at radius 3 is 1.63 bits per heavy atom. The number of aliphatic hydroxyl groups excluding tert-OH is 1. The van der Waals surface area contributed by atoms with Gasteiger partial charge in [0.25, 0.3) is 0 Å². The number of esters is 2. The molecule has 0 saturated carbocycles. The molecule has 0 aromatic carbocycles. The lowest BCUT2D eigenvalue weighted by atomic mass is 10.1. The van der Waals surface area contributed by atoms with Crippen molar-refractivity contribution in [2.75, 3.05) is 47.5 Å². The molecule has 0 aromatic heterocycles. The van der Waals surface area contributed by atoms with Crippen LogP contribution >= 0.6 is 7.82 Å². The molecule has 0 spiro atoms. The number of quaternary nitrogens is 1. The molecule has 57 heavy (non-hydrogen) atoms. The van der Waals surface area contributed by atoms with Crippen LogP contribution in [0.1, 0.15) is 136 Å². The van der Waals surface area contributed by atoms with Gasteiger partial charge in [-0.2, -0.15) is 0 Å². The van der Waals surface area contributed by atoms with Crippen LogP contribution in [-0.2, 0) is 32.7 Å². The number of phosphoric ester groups is 1. The summed E-state index contributed by atoms with van der Waals surface area (Å²) < 4.78 is 34.2. The maximum Gasteiger partial charge on any atom is 0.472 e. The van der Waals surface area contributed by atoms with Crippen LogP contribution in [0, 0.1) is 0 Å². The first-order valence-corrected chi connectivity index (χ1v) is 22.8. The molecule has 2 N–H and O–H groups in total. The van der Waals surface area contributed by atoms with Crippen LogP contribution in [0.25, 0.3) is 0 Å². The molecule has 0 bridgehead atoms. The zero-order chi connectivity index (χ0) is 42.3. The highest BCUT2D eigenvalue weighted by Crippen LogP contribution is 2.43. The minimum atomic E-state index is -4.41. The Balaban J connectivity index is 4.52. The summed E-state index contributed by atoms with van der Waals surface area (Å²) in [6, 6.07) is 0. The van der Waals surface area contributed by atoms with Crippen LogP contribution in [0.3, 0.4) is 0 Å². The number of unbranched alkanes of at least 4 members (excludes halogenated alkanes) is 7. The molecule has 0 fully saturated rings. The van der Waals surface area contributed by atoms with Gasteiger partial charge in [-0.1, -0.05) is 111 Å². The summed E-state index contributed by atoms with van der Waals surface area (Å²) in [6.07, 6.45) is 44.8. The van der Waals surface area contributed by atoms with E-state index in [1.165, 1.54) is 0 Å². The van der Waals surface area contributed by atoms with Crippen LogP contribution in [0.2, 0.25) is 0 Å². The third-order valence-electron chi connectivity index (χ3n) is 8.43. The quantitative estimate of drug-likeness (QED) is 0.0207. The molecule has 0 heterocycles. The molecule has 0 aromatic rings. The van der Waals surface area contributed by atoms with E-state index >= 15 is 0 Å². The van der Waals surface area contributed by atoms with Gasteiger partial charge < -0.3 is 24.0 Å². The first kappa shape index (κ1) is 54.2. The van der Waals surface area contributed by atoms with Crippen molar-refractivity contribution >= 4 is 19.8 Å². The molecule has 3 atom stereocenters. The largest absolute Gasteiger partial charge is 0.472 e. The van der Waals surface area contributed by atoms with E-state index in [1.807, 2.05) is 34.1 Å². The number of carbonyl (C=O) groups excluding carboxylic acids is 2. The predicted octanol–water partition coefficient (Wildman–Crippen LogP) is 11.0. The summed E-state index contributed by atoms with van der Waals surface area (Å²) in [5, 5.41) is 9.28. The van der Waals surface area contributed by atoms with Gasteiger partial charge in [0.1, 0.15) is 19.8 Å². The minimum absolute atomic E-state index is 0.00789. The molecule has 0 aliphatic heterocycles. The lowest BCUT2D eigenvalue weighted by molar-refractivity contribution is -0.870. The highest BCUT2D eigenvalue weighted by atomic mass is 31.2. The van der Waals surface area contributed by atoms with E-state index in [0.29, 0.717) is 30.3 Å². The molecule has 326 valence electrons. The Labute approximate surface area is 346 Å². The Kier molecular flexibility index (Phi) is 35.6. The van der Waals surface area contributed by atoms with E-state index in [9.17, 15) is 24.2 Å². The lowest BCUT2D eigenvalue weighted by Crippen LogP contribution is -2.37. The SMILES string of the molecule is CC/C=C\C/C=C\C/C=C\CCCCCCCC(=O)OC[C@H](COP(=O)(O)OCC[N+](C)(C)C)OC(=O)CCC/C=C\C/C=C\C/C=C\C/C=C\CCC[C@H](C)O. The molecule has 0 aliphatic carbocycles. The van der Waals surface area contributed by atoms with Crippen LogP contribution in [0.5, 0.6) is 0 Å². The number of rotatable bonds is 37. The van der Waals surface area contributed by atoms with E-state index in [2.05, 4.69) is 85.9 Å². The summed E-state index contributed by atoms with van der Waals surface area (Å²) in [4.78, 5) is 35.3. The van der Waals surface area contributed by atoms with Crippen molar-refractivity contribution in [2.45, 2.75) is 148 Å². The Morgan fingerprint density at radius 1 is 0.614 bits per heavy atom. The van der Waals surface area contributed by atoms with Crippen molar-refractivity contribution in [3.63, 3.8) is 0 Å². The number of likely N-dealkylation sites (N-methyl/N-ethyl adjacent to an activating group) is 1. The van der Waals surface area contributed by atoms with Gasteiger partial charge in [0.15, 0.2) is 6.10 Å². The van der Waals surface area contributed by atoms with Gasteiger partial charge in [-0.05, 0) is 96.8 Å². The first-order chi connectivity index (χ1) is 27.3. The number of ether oxygens (including phenoxy) is 2. The number of carbonyl (C=O) groups is 2. The average Bonchev–Trinajstić information content (AvgIpc) is 3.14. The van der Waals surface area contributed by atoms with Crippen LogP contribution < -0.4 is 0 Å². The molecule has 0 saturated heterocycles. The van der Waals surface area contributed by atoms with Gasteiger partial charge in [-0.25, -0.2) is 4.57 Å². The highest BCUT2D eigenvalue weighted by molar-refractivity contribution is 7.47. The van der Waals surface area contributed by atoms with Gasteiger partial charge in [0.2, 0.25) is 0 Å². The molecular formula is C46H79NO9P+. The second-order valence-corrected chi connectivity index (χ2v) is 16.7. The third-order valence-corrected chi connectivity index (χ3v) is 9.41. The fourth-order valence-electron chi connectivity index (χ4n) is 5.10. The molecule has 0 rings (SSSR count). The first-order valence-electron chi connectivity index (χ1n) is 21.3. The van der Waals surface area contributed by atoms with Crippen molar-refractivity contribution in [3.8, 4) is 0 Å². The minimum Gasteiger partial charge on any atom is -0.462 e. The van der Waals surface area contributed by atoms with Crippen LogP contribution in [0.4, 0.5) is 0 Å². The Hall–Kier alpha value is -2.85. The fourth-order valence-corrected chi connectivity index (χ4v) is 5.84. The number of allylic oxidation sites excluding steroid dienone is 14. The number of phosphoric acid groups is 1. The number of nitrogens with zero attached hydrogens (tertiary/aromatic N) is 1. The predicted molar refractivity (Wildman–Crippen MR) is 235 cm³/mol. The molecular weight excluding hydrogens is 741 g/mol. The summed E-state index contributed by atoms with van der Waals surface area (Å²) in [5.41, 5.74) is 0. The molecule has 0 aliphatic rings. The van der Waals surface area contributed by atoms with Crippen molar-refractivity contribution < 1.29 is 47.2 Å². The standard InChI is InChI=1S/C46H78NO9P/c1-6-7-8-9-10-11-12-13-15-19-22-25-28-31-34-37-45(49)53-41-44(42-55-57(51,52)54-40-39-47(3,4)5)56-46(50)38-35-32-29-26-23-20-17-14-16-18-21-24-27-30-33-36-43(2)48/h7-8,10-11,13,15-18,20,24,26-27,29,43-44,48H,6,9,12,14,19,21-23,25,28,30-42H2,1-5H3/p+1/b8-7-,11-10-,15-13-,18-16-,20-17-,27-24-,29-26-/t43-,44+/m0/s1. The third kappa shape index (κ3) is 42.6. The van der Waals surface area contributed by atoms with Gasteiger partial charge in [0, 0.05) is 12.8 Å². The van der Waals surface area contributed by atoms with E-state index in [-0.39, 0.29) is 32.2 Å². The van der Waals surface area contributed by atoms with Crippen LogP contribution in [-0.4, -0.2) is 86.1 Å². The lowest BCUT2D eigenvalue weighted by Gasteiger charge is -2.24. The smallest absolute Gasteiger partial charge is 0.462 e. The van der Waals surface area contributed by atoms with Gasteiger partial charge in [0.05, 0.1) is 33.9 Å². The molecule has 1 unspecified atom stereocenters. The van der Waals surface area contributed by atoms with Gasteiger partial charge in [-0.3, -0.25) is 18.6 Å². The number of aliphatic hydroxyl groups is 1. The second-order valence-electron chi connectivity index (χ2n) is 15.3. The zero-order valence-electron chi connectivity index (χ0n) is 36.1. The Bertz CT molecular complexity index is 1260. The van der Waals surface area contributed by atoms with Crippen LogP contribution in [0.15, 0.2) is 85.1 Å². The van der Waals surface area contributed by atoms with Gasteiger partial charge >= 0.3 is 19.8 Å². The summed E-state index contributed by atoms with van der Waals surface area (Å²) in [7, 11) is 1.39. The normalized spacial score (nSPS) is 15.0. The fraction of sp³-hybridized carbons (Fsp3) is 0.652. The Morgan fingerprint density at radius 2 is 1.09 bits per heavy atom. The van der Waals surface area contributed by atoms with Crippen molar-refractivity contribution in [1.29, 1.82) is 0 Å². The van der Waals surface area contributed by atoms with E-state index < -0.39 is 32.5 Å². The molecule has 11 heteroatoms. The van der Waals surface area contributed by atoms with Crippen molar-refractivity contribution in [2.24, 2.45) is 0 Å². The monoisotopic (exact) mass is 821 g/mol. The molecule has 10 nitrogen and oxygen atoms in total. The van der Waals surface area contributed by atoms with E-state index in [1.54, 1.807) is 0 Å². The number of hydrogen-bond donors (Lipinski definition) is 2. The molecule has 0 radical (unpaired) electrons. The van der Waals surface area contributed by atoms with E-state index in [0.717, 1.165) is 89.9 Å². The second kappa shape index (κ2) is 37.4. The maximum atomic E-state index is 12.7. The average molecular weight is 821 g/mol. The zero-order valence-corrected chi connectivity index (χ0v) is 37.0. The topological polar surface area (TPSA) is 129 Å². The van der Waals surface area contributed by atoms with E-state index in [4.69, 9.17) is 18.5 Å². The van der Waals surface area contributed by atoms with Crippen molar-refractivity contribution in [1.82, 2.24) is 0 Å². The van der Waals surface area contributed by atoms with Gasteiger partial charge in [-0.15, -0.1) is 0 Å². The molecule has 0 amide bonds. The summed E-state index contributed by atoms with van der Waals surface area (Å²) >= 11 is 0. The highest BCUT2D eigenvalue weighted by Gasteiger charge is 2.27. The van der Waals surface area contributed by atoms with Crippen molar-refractivity contribution in [3.05, 3.63) is 85.1 Å². The maximum absolute atomic E-state index is 12.7. The number of hydrogen-bond acceptors (Lipinski definition) is 8. The summed E-state index contributed by atoms with van der Waals surface area (Å²) in [6.45, 7) is 3.73. The summed E-state index contributed by atoms with van der Waals surface area (Å²) in [5.74, 6) is -0.911.